The highest BCUT2D eigenvalue weighted by molar-refractivity contribution is 7.15. The van der Waals surface area contributed by atoms with Crippen molar-refractivity contribution in [3.8, 4) is 0 Å². The normalized spacial score (nSPS) is 17.5. The Morgan fingerprint density at radius 2 is 2.00 bits per heavy atom. The predicted molar refractivity (Wildman–Crippen MR) is 108 cm³/mol. The molecule has 150 valence electrons. The molecular weight excluding hydrogens is 378 g/mol. The SMILES string of the molecule is CC(=O)Nc1ncc(CN2CCN(C(=O)O)C(Cc3cc(C)nc(C)c3)C2)s1. The lowest BCUT2D eigenvalue weighted by Crippen LogP contribution is -2.55. The number of nitrogens with one attached hydrogen (secondary N) is 1. The first-order chi connectivity index (χ1) is 13.3. The van der Waals surface area contributed by atoms with Gasteiger partial charge in [0.15, 0.2) is 5.13 Å². The Hall–Kier alpha value is -2.52. The molecule has 1 aliphatic rings. The molecule has 2 aromatic heterocycles. The molecule has 3 heterocycles. The van der Waals surface area contributed by atoms with Crippen molar-refractivity contribution in [2.45, 2.75) is 39.8 Å². The summed E-state index contributed by atoms with van der Waals surface area (Å²) in [6, 6.07) is 3.93. The van der Waals surface area contributed by atoms with Gasteiger partial charge in [-0.15, -0.1) is 11.3 Å². The molecule has 28 heavy (non-hydrogen) atoms. The van der Waals surface area contributed by atoms with Crippen LogP contribution in [0.3, 0.4) is 0 Å². The molecule has 0 aliphatic carbocycles. The first-order valence-corrected chi connectivity index (χ1v) is 10.00. The number of carboxylic acid groups (broad SMARTS) is 1. The molecule has 0 bridgehead atoms. The van der Waals surface area contributed by atoms with Gasteiger partial charge in [-0.2, -0.15) is 0 Å². The average Bonchev–Trinajstić information content (AvgIpc) is 3.00. The molecule has 0 radical (unpaired) electrons. The number of hydrogen-bond acceptors (Lipinski definition) is 6. The van der Waals surface area contributed by atoms with Gasteiger partial charge in [-0.05, 0) is 38.0 Å². The smallest absolute Gasteiger partial charge is 0.407 e. The molecule has 2 aromatic rings. The highest BCUT2D eigenvalue weighted by atomic mass is 32.1. The zero-order valence-corrected chi connectivity index (χ0v) is 17.1. The lowest BCUT2D eigenvalue weighted by atomic mass is 10.0. The molecular formula is C19H25N5O3S. The third-order valence-corrected chi connectivity index (χ3v) is 5.54. The Balaban J connectivity index is 1.69. The zero-order chi connectivity index (χ0) is 20.3. The summed E-state index contributed by atoms with van der Waals surface area (Å²) in [7, 11) is 0. The fraction of sp³-hybridized carbons (Fsp3) is 0.474. The standard InChI is InChI=1S/C19H25N5O3S/c1-12-6-15(7-13(2)21-12)8-16-10-23(4-5-24(16)19(26)27)11-17-9-20-18(28-17)22-14(3)25/h6-7,9,16H,4-5,8,10-11H2,1-3H3,(H,26,27)(H,20,22,25). The summed E-state index contributed by atoms with van der Waals surface area (Å²) in [6.07, 6.45) is 1.55. The fourth-order valence-corrected chi connectivity index (χ4v) is 4.51. The summed E-state index contributed by atoms with van der Waals surface area (Å²) < 4.78 is 0. The molecule has 1 unspecified atom stereocenters. The Labute approximate surface area is 168 Å². The van der Waals surface area contributed by atoms with Crippen LogP contribution < -0.4 is 5.32 Å². The van der Waals surface area contributed by atoms with E-state index in [4.69, 9.17) is 0 Å². The van der Waals surface area contributed by atoms with Crippen LogP contribution in [0.1, 0.15) is 28.8 Å². The Morgan fingerprint density at radius 1 is 1.29 bits per heavy atom. The van der Waals surface area contributed by atoms with Crippen molar-refractivity contribution in [3.05, 3.63) is 40.2 Å². The van der Waals surface area contributed by atoms with Crippen LogP contribution in [0.4, 0.5) is 9.93 Å². The van der Waals surface area contributed by atoms with E-state index in [0.29, 0.717) is 37.7 Å². The van der Waals surface area contributed by atoms with Crippen LogP contribution in [0, 0.1) is 13.8 Å². The number of carbonyl (C=O) groups excluding carboxylic acids is 1. The van der Waals surface area contributed by atoms with Crippen molar-refractivity contribution in [1.82, 2.24) is 19.8 Å². The van der Waals surface area contributed by atoms with Crippen molar-refractivity contribution in [2.24, 2.45) is 0 Å². The number of aromatic nitrogens is 2. The summed E-state index contributed by atoms with van der Waals surface area (Å²) in [6.45, 7) is 7.85. The topological polar surface area (TPSA) is 98.7 Å². The third-order valence-electron chi connectivity index (χ3n) is 4.64. The monoisotopic (exact) mass is 403 g/mol. The summed E-state index contributed by atoms with van der Waals surface area (Å²) in [4.78, 5) is 36.3. The lowest BCUT2D eigenvalue weighted by Gasteiger charge is -2.40. The number of carbonyl (C=O) groups is 2. The second-order valence-electron chi connectivity index (χ2n) is 7.14. The highest BCUT2D eigenvalue weighted by Crippen LogP contribution is 2.22. The minimum Gasteiger partial charge on any atom is -0.465 e. The van der Waals surface area contributed by atoms with Gasteiger partial charge < -0.3 is 15.3 Å². The number of nitrogens with zero attached hydrogens (tertiary/aromatic N) is 4. The molecule has 1 aliphatic heterocycles. The molecule has 1 saturated heterocycles. The van der Waals surface area contributed by atoms with E-state index >= 15 is 0 Å². The van der Waals surface area contributed by atoms with Crippen LogP contribution in [-0.4, -0.2) is 62.6 Å². The second kappa shape index (κ2) is 8.66. The third kappa shape index (κ3) is 5.26. The van der Waals surface area contributed by atoms with Crippen molar-refractivity contribution in [3.63, 3.8) is 0 Å². The van der Waals surface area contributed by atoms with E-state index in [0.717, 1.165) is 21.8 Å². The Bertz CT molecular complexity index is 849. The minimum absolute atomic E-state index is 0.116. The molecule has 0 spiro atoms. The van der Waals surface area contributed by atoms with Crippen LogP contribution in [-0.2, 0) is 17.8 Å². The number of rotatable bonds is 5. The van der Waals surface area contributed by atoms with Crippen molar-refractivity contribution in [1.29, 1.82) is 0 Å². The predicted octanol–water partition coefficient (Wildman–Crippen LogP) is 2.52. The van der Waals surface area contributed by atoms with E-state index in [9.17, 15) is 14.7 Å². The summed E-state index contributed by atoms with van der Waals surface area (Å²) in [5.74, 6) is -0.140. The number of aryl methyl sites for hydroxylation is 2. The van der Waals surface area contributed by atoms with Gasteiger partial charge in [0.2, 0.25) is 5.91 Å². The number of pyridine rings is 1. The first-order valence-electron chi connectivity index (χ1n) is 9.18. The van der Waals surface area contributed by atoms with E-state index in [1.54, 1.807) is 6.20 Å². The molecule has 8 nitrogen and oxygen atoms in total. The zero-order valence-electron chi connectivity index (χ0n) is 16.3. The van der Waals surface area contributed by atoms with E-state index in [2.05, 4.69) is 20.2 Å². The van der Waals surface area contributed by atoms with Gasteiger partial charge in [0.1, 0.15) is 0 Å². The molecule has 1 fully saturated rings. The van der Waals surface area contributed by atoms with E-state index in [1.807, 2.05) is 26.0 Å². The van der Waals surface area contributed by atoms with Gasteiger partial charge in [0.25, 0.3) is 0 Å². The van der Waals surface area contributed by atoms with E-state index in [1.165, 1.54) is 23.2 Å². The van der Waals surface area contributed by atoms with Gasteiger partial charge in [0.05, 0.1) is 6.04 Å². The molecule has 0 saturated carbocycles. The van der Waals surface area contributed by atoms with Crippen molar-refractivity contribution >= 4 is 28.5 Å². The lowest BCUT2D eigenvalue weighted by molar-refractivity contribution is -0.114. The molecule has 9 heteroatoms. The minimum atomic E-state index is -0.877. The van der Waals surface area contributed by atoms with E-state index < -0.39 is 6.09 Å². The molecule has 2 amide bonds. The van der Waals surface area contributed by atoms with Gasteiger partial charge in [-0.25, -0.2) is 9.78 Å². The summed E-state index contributed by atoms with van der Waals surface area (Å²) in [5, 5.41) is 12.9. The molecule has 2 N–H and O–H groups in total. The van der Waals surface area contributed by atoms with Gasteiger partial charge in [-0.1, -0.05) is 0 Å². The van der Waals surface area contributed by atoms with Gasteiger partial charge in [0, 0.05) is 55.6 Å². The Kier molecular flexibility index (Phi) is 6.25. The van der Waals surface area contributed by atoms with Crippen molar-refractivity contribution < 1.29 is 14.7 Å². The van der Waals surface area contributed by atoms with Crippen LogP contribution in [0.15, 0.2) is 18.3 Å². The van der Waals surface area contributed by atoms with Crippen molar-refractivity contribution in [2.75, 3.05) is 25.0 Å². The number of thiazole rings is 1. The van der Waals surface area contributed by atoms with Gasteiger partial charge in [-0.3, -0.25) is 14.7 Å². The van der Waals surface area contributed by atoms with Crippen LogP contribution >= 0.6 is 11.3 Å². The maximum atomic E-state index is 11.7. The first kappa shape index (κ1) is 20.2. The van der Waals surface area contributed by atoms with Crippen LogP contribution in [0.25, 0.3) is 0 Å². The summed E-state index contributed by atoms with van der Waals surface area (Å²) in [5.41, 5.74) is 2.99. The number of piperazine rings is 1. The number of amides is 2. The second-order valence-corrected chi connectivity index (χ2v) is 8.26. The maximum Gasteiger partial charge on any atom is 0.407 e. The fourth-order valence-electron chi connectivity index (χ4n) is 3.61. The van der Waals surface area contributed by atoms with Crippen LogP contribution in [0.2, 0.25) is 0 Å². The Morgan fingerprint density at radius 3 is 2.64 bits per heavy atom. The number of hydrogen-bond donors (Lipinski definition) is 2. The maximum absolute atomic E-state index is 11.7. The van der Waals surface area contributed by atoms with Gasteiger partial charge >= 0.3 is 6.09 Å². The largest absolute Gasteiger partial charge is 0.465 e. The average molecular weight is 404 g/mol. The molecule has 3 rings (SSSR count). The summed E-state index contributed by atoms with van der Waals surface area (Å²) >= 11 is 1.45. The molecule has 0 aromatic carbocycles. The highest BCUT2D eigenvalue weighted by Gasteiger charge is 2.30. The van der Waals surface area contributed by atoms with Crippen LogP contribution in [0.5, 0.6) is 0 Å². The number of anilines is 1. The van der Waals surface area contributed by atoms with E-state index in [-0.39, 0.29) is 11.9 Å². The quantitative estimate of drug-likeness (QED) is 0.796. The molecule has 1 atom stereocenters.